The summed E-state index contributed by atoms with van der Waals surface area (Å²) >= 11 is 0. The number of carbonyl (C=O) groups is 1. The lowest BCUT2D eigenvalue weighted by molar-refractivity contribution is -0.385. The minimum atomic E-state index is -0.595. The summed E-state index contributed by atoms with van der Waals surface area (Å²) in [6.45, 7) is 0.0349. The van der Waals surface area contributed by atoms with E-state index in [9.17, 15) is 14.9 Å². The largest absolute Gasteiger partial charge is 0.480 e. The van der Waals surface area contributed by atoms with Crippen LogP contribution in [0.5, 0.6) is 5.75 Å². The molecular weight excluding hydrogens is 314 g/mol. The summed E-state index contributed by atoms with van der Waals surface area (Å²) in [4.78, 5) is 26.5. The summed E-state index contributed by atoms with van der Waals surface area (Å²) in [5.41, 5.74) is 1.30. The molecule has 8 nitrogen and oxygen atoms in total. The van der Waals surface area contributed by atoms with Gasteiger partial charge in [-0.05, 0) is 18.2 Å². The number of aromatic nitrogens is 2. The number of nitrogens with zero attached hydrogens (tertiary/aromatic N) is 3. The van der Waals surface area contributed by atoms with Crippen molar-refractivity contribution >= 4 is 17.3 Å². The molecule has 0 radical (unpaired) electrons. The second-order valence-electron chi connectivity index (χ2n) is 4.92. The molecule has 0 atom stereocenters. The third-order valence-electron chi connectivity index (χ3n) is 3.37. The van der Waals surface area contributed by atoms with Gasteiger partial charge in [0.05, 0.1) is 23.3 Å². The Morgan fingerprint density at radius 3 is 2.88 bits per heavy atom. The molecule has 3 rings (SSSR count). The molecule has 0 amide bonds. The fraction of sp³-hybridized carbons (Fsp3) is 0.125. The molecule has 0 aliphatic rings. The summed E-state index contributed by atoms with van der Waals surface area (Å²) in [5.74, 6) is -0.609. The quantitative estimate of drug-likeness (QED) is 0.406. The van der Waals surface area contributed by atoms with Crippen LogP contribution in [-0.2, 0) is 11.3 Å². The van der Waals surface area contributed by atoms with Crippen LogP contribution in [0.1, 0.15) is 16.1 Å². The van der Waals surface area contributed by atoms with Crippen molar-refractivity contribution in [2.45, 2.75) is 6.61 Å². The van der Waals surface area contributed by atoms with Gasteiger partial charge in [0.1, 0.15) is 12.3 Å². The van der Waals surface area contributed by atoms with Crippen LogP contribution in [-0.4, -0.2) is 27.4 Å². The molecule has 0 saturated carbocycles. The third-order valence-corrected chi connectivity index (χ3v) is 3.37. The maximum Gasteiger partial charge on any atom is 0.337 e. The van der Waals surface area contributed by atoms with Crippen molar-refractivity contribution < 1.29 is 19.2 Å². The highest BCUT2D eigenvalue weighted by Crippen LogP contribution is 2.29. The van der Waals surface area contributed by atoms with Crippen LogP contribution < -0.4 is 4.74 Å². The van der Waals surface area contributed by atoms with Gasteiger partial charge in [-0.3, -0.25) is 10.1 Å². The third kappa shape index (κ3) is 3.02. The van der Waals surface area contributed by atoms with Crippen molar-refractivity contribution in [1.82, 2.24) is 9.38 Å². The maximum absolute atomic E-state index is 11.6. The van der Waals surface area contributed by atoms with E-state index >= 15 is 0 Å². The van der Waals surface area contributed by atoms with E-state index in [0.29, 0.717) is 5.69 Å². The van der Waals surface area contributed by atoms with Gasteiger partial charge in [0.15, 0.2) is 5.75 Å². The minimum absolute atomic E-state index is 0.0139. The fourth-order valence-electron chi connectivity index (χ4n) is 2.23. The molecule has 2 heterocycles. The molecule has 0 N–H and O–H groups in total. The molecule has 1 aromatic carbocycles. The second kappa shape index (κ2) is 6.37. The number of nitro groups is 1. The number of methoxy groups -OCH3 is 1. The van der Waals surface area contributed by atoms with Gasteiger partial charge in [-0.15, -0.1) is 0 Å². The van der Waals surface area contributed by atoms with E-state index in [1.54, 1.807) is 6.20 Å². The molecule has 122 valence electrons. The van der Waals surface area contributed by atoms with Gasteiger partial charge in [0, 0.05) is 24.5 Å². The number of pyridine rings is 1. The molecule has 0 aliphatic heterocycles. The van der Waals surface area contributed by atoms with Crippen molar-refractivity contribution in [1.29, 1.82) is 0 Å². The monoisotopic (exact) mass is 327 g/mol. The Balaban J connectivity index is 1.87. The first-order valence-electron chi connectivity index (χ1n) is 7.00. The summed E-state index contributed by atoms with van der Waals surface area (Å²) < 4.78 is 12.0. The molecule has 24 heavy (non-hydrogen) atoms. The smallest absolute Gasteiger partial charge is 0.337 e. The number of hydrogen-bond donors (Lipinski definition) is 0. The fourth-order valence-corrected chi connectivity index (χ4v) is 2.23. The van der Waals surface area contributed by atoms with Crippen LogP contribution in [0, 0.1) is 10.1 Å². The number of benzene rings is 1. The molecule has 0 fully saturated rings. The number of carbonyl (C=O) groups excluding carboxylic acids is 1. The van der Waals surface area contributed by atoms with Gasteiger partial charge < -0.3 is 13.9 Å². The average Bonchev–Trinajstić information content (AvgIpc) is 3.01. The van der Waals surface area contributed by atoms with Crippen molar-refractivity contribution in [3.63, 3.8) is 0 Å². The van der Waals surface area contributed by atoms with E-state index in [0.717, 1.165) is 5.65 Å². The summed E-state index contributed by atoms with van der Waals surface area (Å²) in [7, 11) is 1.24. The molecule has 0 unspecified atom stereocenters. The number of fused-ring (bicyclic) bond motifs is 1. The molecular formula is C16H13N3O5. The SMILES string of the molecule is COC(=O)c1ccc([N+](=O)[O-])c(OCc2cn3ccccc3n2)c1. The van der Waals surface area contributed by atoms with Gasteiger partial charge in [-0.1, -0.05) is 6.07 Å². The lowest BCUT2D eigenvalue weighted by Crippen LogP contribution is -2.04. The number of rotatable bonds is 5. The van der Waals surface area contributed by atoms with E-state index in [1.165, 1.54) is 25.3 Å². The Morgan fingerprint density at radius 1 is 1.33 bits per heavy atom. The summed E-state index contributed by atoms with van der Waals surface area (Å²) in [5, 5.41) is 11.1. The molecule has 3 aromatic rings. The van der Waals surface area contributed by atoms with E-state index in [-0.39, 0.29) is 23.6 Å². The van der Waals surface area contributed by atoms with Crippen LogP contribution >= 0.6 is 0 Å². The summed E-state index contributed by atoms with van der Waals surface area (Å²) in [6.07, 6.45) is 3.61. The van der Waals surface area contributed by atoms with E-state index in [2.05, 4.69) is 9.72 Å². The van der Waals surface area contributed by atoms with Crippen molar-refractivity contribution in [3.8, 4) is 5.75 Å². The van der Waals surface area contributed by atoms with Crippen molar-refractivity contribution in [3.05, 3.63) is 70.2 Å². The van der Waals surface area contributed by atoms with Crippen LogP contribution in [0.25, 0.3) is 5.65 Å². The minimum Gasteiger partial charge on any atom is -0.480 e. The highest BCUT2D eigenvalue weighted by atomic mass is 16.6. The van der Waals surface area contributed by atoms with E-state index < -0.39 is 10.9 Å². The molecule has 0 aliphatic carbocycles. The molecule has 8 heteroatoms. The molecule has 0 saturated heterocycles. The second-order valence-corrected chi connectivity index (χ2v) is 4.92. The van der Waals surface area contributed by atoms with Crippen LogP contribution in [0.2, 0.25) is 0 Å². The Labute approximate surface area is 136 Å². The predicted molar refractivity (Wildman–Crippen MR) is 84.0 cm³/mol. The van der Waals surface area contributed by atoms with Gasteiger partial charge in [0.2, 0.25) is 0 Å². The first-order valence-corrected chi connectivity index (χ1v) is 7.00. The van der Waals surface area contributed by atoms with Gasteiger partial charge >= 0.3 is 11.7 Å². The highest BCUT2D eigenvalue weighted by molar-refractivity contribution is 5.90. The van der Waals surface area contributed by atoms with Crippen molar-refractivity contribution in [2.24, 2.45) is 0 Å². The standard InChI is InChI=1S/C16H13N3O5/c1-23-16(20)11-5-6-13(19(21)22)14(8-11)24-10-12-9-18-7-3-2-4-15(18)17-12/h2-9H,10H2,1H3. The van der Waals surface area contributed by atoms with Crippen LogP contribution in [0.4, 0.5) is 5.69 Å². The van der Waals surface area contributed by atoms with Gasteiger partial charge in [-0.2, -0.15) is 0 Å². The highest BCUT2D eigenvalue weighted by Gasteiger charge is 2.19. The normalized spacial score (nSPS) is 10.5. The Hall–Kier alpha value is -3.42. The van der Waals surface area contributed by atoms with Crippen LogP contribution in [0.3, 0.4) is 0 Å². The summed E-state index contributed by atoms with van der Waals surface area (Å²) in [6, 6.07) is 9.39. The topological polar surface area (TPSA) is 96.0 Å². The zero-order valence-electron chi connectivity index (χ0n) is 12.7. The molecule has 2 aromatic heterocycles. The first kappa shape index (κ1) is 15.5. The van der Waals surface area contributed by atoms with Gasteiger partial charge in [0.25, 0.3) is 0 Å². The Morgan fingerprint density at radius 2 is 2.17 bits per heavy atom. The average molecular weight is 327 g/mol. The maximum atomic E-state index is 11.6. The first-order chi connectivity index (χ1) is 11.6. The van der Waals surface area contributed by atoms with E-state index in [1.807, 2.05) is 28.8 Å². The van der Waals surface area contributed by atoms with Gasteiger partial charge in [-0.25, -0.2) is 9.78 Å². The number of ether oxygens (including phenoxy) is 2. The molecule has 0 spiro atoms. The lowest BCUT2D eigenvalue weighted by Gasteiger charge is -2.07. The van der Waals surface area contributed by atoms with Crippen LogP contribution in [0.15, 0.2) is 48.8 Å². The number of esters is 1. The van der Waals surface area contributed by atoms with E-state index in [4.69, 9.17) is 4.74 Å². The predicted octanol–water partition coefficient (Wildman–Crippen LogP) is 2.61. The zero-order valence-corrected chi connectivity index (χ0v) is 12.7. The zero-order chi connectivity index (χ0) is 17.1. The number of nitro benzene ring substituents is 1. The lowest BCUT2D eigenvalue weighted by atomic mass is 10.2. The number of hydrogen-bond acceptors (Lipinski definition) is 6. The van der Waals surface area contributed by atoms with Crippen molar-refractivity contribution in [2.75, 3.05) is 7.11 Å². The Bertz CT molecular complexity index is 886. The molecule has 0 bridgehead atoms. The Kier molecular flexibility index (Phi) is 4.11. The number of imidazole rings is 1.